The van der Waals surface area contributed by atoms with E-state index in [2.05, 4.69) is 16.5 Å². The Morgan fingerprint density at radius 3 is 2.26 bits per heavy atom. The number of esters is 1. The third kappa shape index (κ3) is 6.44. The number of benzene rings is 3. The van der Waals surface area contributed by atoms with Crippen LogP contribution < -0.4 is 15.9 Å². The van der Waals surface area contributed by atoms with Crippen LogP contribution in [0, 0.1) is 11.8 Å². The minimum absolute atomic E-state index is 0.0224. The van der Waals surface area contributed by atoms with Crippen LogP contribution in [0.5, 0.6) is 0 Å². The zero-order chi connectivity index (χ0) is 38.0. The van der Waals surface area contributed by atoms with Crippen LogP contribution in [-0.2, 0) is 9.53 Å². The molecule has 1 fully saturated rings. The van der Waals surface area contributed by atoms with Gasteiger partial charge in [-0.25, -0.2) is 9.78 Å². The number of amides is 1. The molecule has 0 radical (unpaired) electrons. The second-order valence-corrected chi connectivity index (χ2v) is 17.3. The molecule has 3 aromatic carbocycles. The molecule has 0 aliphatic carbocycles. The summed E-state index contributed by atoms with van der Waals surface area (Å²) in [5.74, 6) is -1.15. The maximum Gasteiger partial charge on any atom is 0.339 e. The normalized spacial score (nSPS) is 16.6. The van der Waals surface area contributed by atoms with E-state index in [1.165, 1.54) is 18.6 Å². The number of rotatable bonds is 13. The van der Waals surface area contributed by atoms with Gasteiger partial charge in [-0.3, -0.25) is 23.8 Å². The molecule has 0 saturated carbocycles. The standard InChI is InChI=1S/C42H37N4O6PS/c1-4-22-52-42(51)32-19-11-12-20-33(32)53(30-15-7-5-8-16-30,31-17-9-6-10-18-31)26-46-37(35(28(3)47)40(46)50)27(2)38(48)34-24-45-25-44-36(41(45)54-34)39(49)29-14-13-21-43-23-29/h4-21,23-28,35,37,47H,1,22H2,2-3H3/t27-,28-,35-,37+/m1/s1. The van der Waals surface area contributed by atoms with E-state index in [-0.39, 0.29) is 29.8 Å². The van der Waals surface area contributed by atoms with Crippen molar-refractivity contribution < 1.29 is 29.0 Å². The molecule has 6 aromatic rings. The number of imidazole rings is 1. The maximum absolute atomic E-state index is 14.4. The summed E-state index contributed by atoms with van der Waals surface area (Å²) in [4.78, 5) is 66.5. The number of nitrogens with zero attached hydrogens (tertiary/aromatic N) is 4. The predicted octanol–water partition coefficient (Wildman–Crippen LogP) is 5.15. The minimum Gasteiger partial charge on any atom is -0.458 e. The zero-order valence-corrected chi connectivity index (χ0v) is 31.3. The molecule has 1 aliphatic heterocycles. The summed E-state index contributed by atoms with van der Waals surface area (Å²) in [7, 11) is 0. The Labute approximate surface area is 316 Å². The molecule has 0 unspecified atom stereocenters. The van der Waals surface area contributed by atoms with Gasteiger partial charge >= 0.3 is 5.97 Å². The lowest BCUT2D eigenvalue weighted by Crippen LogP contribution is -2.67. The first-order valence-corrected chi connectivity index (χ1v) is 20.0. The van der Waals surface area contributed by atoms with Gasteiger partial charge in [-0.2, -0.15) is 0 Å². The molecule has 12 heteroatoms. The van der Waals surface area contributed by atoms with Crippen LogP contribution in [0.3, 0.4) is 0 Å². The fraction of sp³-hybridized carbons (Fsp3) is 0.167. The zero-order valence-electron chi connectivity index (χ0n) is 29.6. The number of carbonyl (C=O) groups excluding carboxylic acids is 4. The van der Waals surface area contributed by atoms with Crippen LogP contribution >= 0.6 is 18.2 Å². The number of aromatic nitrogens is 3. The first-order chi connectivity index (χ1) is 26.2. The molecule has 4 heterocycles. The number of ether oxygens (including phenoxy) is 1. The first-order valence-electron chi connectivity index (χ1n) is 17.4. The number of aliphatic hydroxyl groups excluding tert-OH is 1. The topological polar surface area (TPSA) is 131 Å². The highest BCUT2D eigenvalue weighted by Gasteiger charge is 2.54. The molecule has 1 N–H and O–H groups in total. The third-order valence-electron chi connectivity index (χ3n) is 9.73. The number of hydrogen-bond acceptors (Lipinski definition) is 9. The molecule has 7 rings (SSSR count). The van der Waals surface area contributed by atoms with E-state index in [1.54, 1.807) is 59.8 Å². The molecule has 10 nitrogen and oxygen atoms in total. The first kappa shape index (κ1) is 36.6. The number of ketones is 2. The summed E-state index contributed by atoms with van der Waals surface area (Å²) in [6.07, 6.45) is 6.66. The predicted molar refractivity (Wildman–Crippen MR) is 212 cm³/mol. The van der Waals surface area contributed by atoms with Gasteiger partial charge < -0.3 is 14.7 Å². The van der Waals surface area contributed by atoms with Crippen molar-refractivity contribution in [2.45, 2.75) is 26.0 Å². The van der Waals surface area contributed by atoms with Crippen molar-refractivity contribution in [3.63, 3.8) is 0 Å². The second kappa shape index (κ2) is 15.3. The number of β-lactam (4-membered cyclic amide) rings is 1. The minimum atomic E-state index is -3.02. The maximum atomic E-state index is 14.4. The average molecular weight is 757 g/mol. The van der Waals surface area contributed by atoms with E-state index in [4.69, 9.17) is 4.74 Å². The van der Waals surface area contributed by atoms with Crippen LogP contribution in [0.25, 0.3) is 4.83 Å². The van der Waals surface area contributed by atoms with E-state index >= 15 is 0 Å². The van der Waals surface area contributed by atoms with E-state index in [9.17, 15) is 24.3 Å². The number of likely N-dealkylation sites (tertiary alicyclic amines) is 1. The molecule has 4 atom stereocenters. The molecular weight excluding hydrogens is 720 g/mol. The molecule has 272 valence electrons. The number of pyridine rings is 1. The van der Waals surface area contributed by atoms with Crippen LogP contribution in [0.4, 0.5) is 0 Å². The van der Waals surface area contributed by atoms with Crippen molar-refractivity contribution >= 4 is 68.3 Å². The quantitative estimate of drug-likeness (QED) is 0.0564. The van der Waals surface area contributed by atoms with Gasteiger partial charge in [0.15, 0.2) is 5.78 Å². The number of Topliss-reactive ketones (excluding diaryl/α,β-unsaturated/α-hetero) is 1. The molecule has 1 aliphatic rings. The monoisotopic (exact) mass is 756 g/mol. The van der Waals surface area contributed by atoms with E-state index in [0.717, 1.165) is 21.9 Å². The van der Waals surface area contributed by atoms with Crippen molar-refractivity contribution in [3.05, 3.63) is 156 Å². The fourth-order valence-electron chi connectivity index (χ4n) is 7.12. The van der Waals surface area contributed by atoms with E-state index in [1.807, 2.05) is 78.7 Å². The van der Waals surface area contributed by atoms with Gasteiger partial charge in [0, 0.05) is 36.0 Å². The smallest absolute Gasteiger partial charge is 0.339 e. The van der Waals surface area contributed by atoms with Crippen LogP contribution in [-0.4, -0.2) is 72.5 Å². The highest BCUT2D eigenvalue weighted by Crippen LogP contribution is 2.48. The Balaban J connectivity index is 1.37. The Morgan fingerprint density at radius 2 is 1.63 bits per heavy atom. The lowest BCUT2D eigenvalue weighted by molar-refractivity contribution is -0.156. The van der Waals surface area contributed by atoms with Crippen molar-refractivity contribution in [1.82, 2.24) is 19.3 Å². The average Bonchev–Trinajstić information content (AvgIpc) is 3.81. The van der Waals surface area contributed by atoms with Gasteiger partial charge in [-0.05, 0) is 47.9 Å². The number of fused-ring (bicyclic) bond motifs is 1. The molecule has 1 amide bonds. The van der Waals surface area contributed by atoms with Gasteiger partial charge in [0.2, 0.25) is 11.7 Å². The summed E-state index contributed by atoms with van der Waals surface area (Å²) >= 11 is 1.15. The SMILES string of the molecule is C=CCOC(=O)c1ccccc1P(=CN1C(=O)[C@H]([C@@H](C)O)[C@@H]1[C@@H](C)C(=O)c1cn2cnc(C(=O)c3cccnc3)c2s1)(c1ccccc1)c1ccccc1. The third-order valence-corrected chi connectivity index (χ3v) is 14.8. The Bertz CT molecular complexity index is 2380. The van der Waals surface area contributed by atoms with Crippen molar-refractivity contribution in [3.8, 4) is 0 Å². The van der Waals surface area contributed by atoms with E-state index in [0.29, 0.717) is 26.1 Å². The summed E-state index contributed by atoms with van der Waals surface area (Å²) in [5.41, 5.74) is 0.934. The van der Waals surface area contributed by atoms with Crippen LogP contribution in [0.2, 0.25) is 0 Å². The van der Waals surface area contributed by atoms with Gasteiger partial charge in [0.1, 0.15) is 23.5 Å². The van der Waals surface area contributed by atoms with Crippen LogP contribution in [0.1, 0.15) is 49.9 Å². The number of thiazole rings is 1. The lowest BCUT2D eigenvalue weighted by atomic mass is 9.75. The molecule has 0 spiro atoms. The van der Waals surface area contributed by atoms with Gasteiger partial charge in [-0.15, -0.1) is 11.3 Å². The number of hydrogen-bond donors (Lipinski definition) is 1. The van der Waals surface area contributed by atoms with Crippen molar-refractivity contribution in [2.24, 2.45) is 11.8 Å². The molecule has 54 heavy (non-hydrogen) atoms. The Kier molecular flexibility index (Phi) is 10.4. The molecular formula is C42H37N4O6PS. The summed E-state index contributed by atoms with van der Waals surface area (Å²) in [6.45, 7) is 4.00. The summed E-state index contributed by atoms with van der Waals surface area (Å²) in [6, 6.07) is 29.3. The second-order valence-electron chi connectivity index (χ2n) is 13.0. The highest BCUT2D eigenvalue weighted by atomic mass is 32.1. The Morgan fingerprint density at radius 1 is 0.963 bits per heavy atom. The van der Waals surface area contributed by atoms with Crippen molar-refractivity contribution in [1.29, 1.82) is 0 Å². The molecule has 0 bridgehead atoms. The summed E-state index contributed by atoms with van der Waals surface area (Å²) in [5, 5.41) is 13.4. The highest BCUT2D eigenvalue weighted by molar-refractivity contribution is 7.94. The number of aliphatic hydroxyl groups is 1. The van der Waals surface area contributed by atoms with Crippen molar-refractivity contribution in [2.75, 3.05) is 6.61 Å². The van der Waals surface area contributed by atoms with Gasteiger partial charge in [-0.1, -0.05) is 98.4 Å². The largest absolute Gasteiger partial charge is 0.458 e. The van der Waals surface area contributed by atoms with Crippen LogP contribution in [0.15, 0.2) is 135 Å². The lowest BCUT2D eigenvalue weighted by Gasteiger charge is -2.50. The van der Waals surface area contributed by atoms with E-state index < -0.39 is 36.8 Å². The molecule has 3 aromatic heterocycles. The summed E-state index contributed by atoms with van der Waals surface area (Å²) < 4.78 is 7.22. The molecule has 1 saturated heterocycles. The van der Waals surface area contributed by atoms with Gasteiger partial charge in [0.25, 0.3) is 0 Å². The Hall–Kier alpha value is -5.74. The number of carbonyl (C=O) groups is 4. The van der Waals surface area contributed by atoms with Gasteiger partial charge in [0.05, 0.1) is 28.5 Å². The fourth-order valence-corrected chi connectivity index (χ4v) is 12.3.